The number of hydrogen-bond donors (Lipinski definition) is 1. The van der Waals surface area contributed by atoms with Crippen molar-refractivity contribution in [1.29, 1.82) is 0 Å². The summed E-state index contributed by atoms with van der Waals surface area (Å²) in [6, 6.07) is 18.0. The Morgan fingerprint density at radius 2 is 1.76 bits per heavy atom. The standard InChI is InChI=1S/C24H20F3N5OS/c1-16(22(33)29-20-9-5-8-19(14-20)24(25,26)27)34-23-31-30-21(18-10-12-28-13-11-18)32(23)15-17-6-3-2-4-7-17/h2-14,16H,15H2,1H3,(H,29,33)/t16-/m1/s1. The van der Waals surface area contributed by atoms with Crippen LogP contribution >= 0.6 is 11.8 Å². The molecular weight excluding hydrogens is 463 g/mol. The smallest absolute Gasteiger partial charge is 0.325 e. The molecule has 10 heteroatoms. The maximum Gasteiger partial charge on any atom is 0.416 e. The van der Waals surface area contributed by atoms with E-state index in [9.17, 15) is 18.0 Å². The second kappa shape index (κ2) is 10.1. The molecule has 0 saturated carbocycles. The second-order valence-corrected chi connectivity index (χ2v) is 8.75. The number of nitrogens with one attached hydrogen (secondary N) is 1. The van der Waals surface area contributed by atoms with Gasteiger partial charge in [0, 0.05) is 23.6 Å². The van der Waals surface area contributed by atoms with Gasteiger partial charge in [0.15, 0.2) is 11.0 Å². The van der Waals surface area contributed by atoms with E-state index in [1.54, 1.807) is 19.3 Å². The van der Waals surface area contributed by atoms with Gasteiger partial charge in [-0.05, 0) is 42.8 Å². The van der Waals surface area contributed by atoms with E-state index in [4.69, 9.17) is 0 Å². The summed E-state index contributed by atoms with van der Waals surface area (Å²) in [6.45, 7) is 2.15. The van der Waals surface area contributed by atoms with Gasteiger partial charge in [0.05, 0.1) is 17.4 Å². The first kappa shape index (κ1) is 23.5. The fourth-order valence-corrected chi connectivity index (χ4v) is 4.08. The summed E-state index contributed by atoms with van der Waals surface area (Å²) in [6.07, 6.45) is -1.16. The fraction of sp³-hybridized carbons (Fsp3) is 0.167. The predicted octanol–water partition coefficient (Wildman–Crippen LogP) is 5.53. The van der Waals surface area contributed by atoms with Gasteiger partial charge in [-0.2, -0.15) is 13.2 Å². The van der Waals surface area contributed by atoms with Crippen molar-refractivity contribution in [1.82, 2.24) is 19.7 Å². The van der Waals surface area contributed by atoms with Gasteiger partial charge >= 0.3 is 6.18 Å². The molecule has 0 fully saturated rings. The molecule has 1 atom stereocenters. The first-order valence-electron chi connectivity index (χ1n) is 10.3. The minimum atomic E-state index is -4.49. The molecule has 2 aromatic carbocycles. The predicted molar refractivity (Wildman–Crippen MR) is 124 cm³/mol. The van der Waals surface area contributed by atoms with Gasteiger partial charge in [-0.25, -0.2) is 0 Å². The molecule has 34 heavy (non-hydrogen) atoms. The zero-order valence-corrected chi connectivity index (χ0v) is 18.8. The lowest BCUT2D eigenvalue weighted by atomic mass is 10.2. The molecule has 0 saturated heterocycles. The average molecular weight is 484 g/mol. The number of carbonyl (C=O) groups is 1. The summed E-state index contributed by atoms with van der Waals surface area (Å²) < 4.78 is 40.8. The molecule has 0 aliphatic carbocycles. The summed E-state index contributed by atoms with van der Waals surface area (Å²) in [5.74, 6) is 0.184. The quantitative estimate of drug-likeness (QED) is 0.350. The van der Waals surface area contributed by atoms with Crippen LogP contribution in [-0.4, -0.2) is 30.9 Å². The van der Waals surface area contributed by atoms with Crippen molar-refractivity contribution in [2.24, 2.45) is 0 Å². The summed E-state index contributed by atoms with van der Waals surface area (Å²) in [5, 5.41) is 11.0. The normalized spacial score (nSPS) is 12.4. The monoisotopic (exact) mass is 483 g/mol. The van der Waals surface area contributed by atoms with Gasteiger partial charge in [-0.3, -0.25) is 14.3 Å². The number of carbonyl (C=O) groups excluding carboxylic acids is 1. The number of nitrogens with zero attached hydrogens (tertiary/aromatic N) is 4. The molecule has 174 valence electrons. The Morgan fingerprint density at radius 3 is 2.47 bits per heavy atom. The average Bonchev–Trinajstić information content (AvgIpc) is 3.21. The van der Waals surface area contributed by atoms with Gasteiger partial charge in [-0.1, -0.05) is 48.2 Å². The third-order valence-corrected chi connectivity index (χ3v) is 6.03. The molecule has 0 radical (unpaired) electrons. The Bertz CT molecular complexity index is 1260. The van der Waals surface area contributed by atoms with Crippen LogP contribution in [0.2, 0.25) is 0 Å². The maximum absolute atomic E-state index is 13.0. The van der Waals surface area contributed by atoms with Crippen molar-refractivity contribution in [2.45, 2.75) is 30.1 Å². The van der Waals surface area contributed by atoms with Crippen LogP contribution in [-0.2, 0) is 17.5 Å². The molecule has 1 amide bonds. The Balaban J connectivity index is 1.56. The van der Waals surface area contributed by atoms with E-state index in [2.05, 4.69) is 20.5 Å². The zero-order chi connectivity index (χ0) is 24.1. The molecule has 0 bridgehead atoms. The molecule has 4 rings (SSSR count). The molecule has 0 spiro atoms. The highest BCUT2D eigenvalue weighted by Crippen LogP contribution is 2.31. The summed E-state index contributed by atoms with van der Waals surface area (Å²) in [7, 11) is 0. The molecule has 0 aliphatic rings. The zero-order valence-electron chi connectivity index (χ0n) is 18.0. The number of hydrogen-bond acceptors (Lipinski definition) is 5. The highest BCUT2D eigenvalue weighted by molar-refractivity contribution is 8.00. The number of amides is 1. The summed E-state index contributed by atoms with van der Waals surface area (Å²) >= 11 is 1.18. The third-order valence-electron chi connectivity index (χ3n) is 4.95. The Hall–Kier alpha value is -3.66. The molecule has 2 heterocycles. The number of thioether (sulfide) groups is 1. The van der Waals surface area contributed by atoms with Crippen molar-refractivity contribution in [3.05, 3.63) is 90.3 Å². The second-order valence-electron chi connectivity index (χ2n) is 7.44. The topological polar surface area (TPSA) is 72.7 Å². The molecule has 0 aliphatic heterocycles. The minimum absolute atomic E-state index is 0.0792. The molecule has 6 nitrogen and oxygen atoms in total. The van der Waals surface area contributed by atoms with Crippen molar-refractivity contribution < 1.29 is 18.0 Å². The highest BCUT2D eigenvalue weighted by atomic mass is 32.2. The lowest BCUT2D eigenvalue weighted by molar-refractivity contribution is -0.137. The highest BCUT2D eigenvalue weighted by Gasteiger charge is 2.30. The van der Waals surface area contributed by atoms with Crippen LogP contribution in [0.3, 0.4) is 0 Å². The van der Waals surface area contributed by atoms with E-state index in [1.807, 2.05) is 47.0 Å². The number of anilines is 1. The van der Waals surface area contributed by atoms with Gasteiger partial charge < -0.3 is 5.32 Å². The van der Waals surface area contributed by atoms with Gasteiger partial charge in [0.25, 0.3) is 0 Å². The van der Waals surface area contributed by atoms with Gasteiger partial charge in [0.1, 0.15) is 0 Å². The summed E-state index contributed by atoms with van der Waals surface area (Å²) in [4.78, 5) is 16.8. The van der Waals surface area contributed by atoms with Crippen molar-refractivity contribution in [2.75, 3.05) is 5.32 Å². The number of alkyl halides is 3. The van der Waals surface area contributed by atoms with E-state index >= 15 is 0 Å². The van der Waals surface area contributed by atoms with Crippen LogP contribution in [0.25, 0.3) is 11.4 Å². The number of aromatic nitrogens is 4. The first-order chi connectivity index (χ1) is 16.3. The van der Waals surface area contributed by atoms with E-state index in [1.165, 1.54) is 23.9 Å². The van der Waals surface area contributed by atoms with Crippen LogP contribution in [0, 0.1) is 0 Å². The molecule has 2 aromatic heterocycles. The largest absolute Gasteiger partial charge is 0.416 e. The van der Waals surface area contributed by atoms with E-state index < -0.39 is 22.9 Å². The number of pyridine rings is 1. The number of halogens is 3. The van der Waals surface area contributed by atoms with Crippen molar-refractivity contribution in [3.63, 3.8) is 0 Å². The lowest BCUT2D eigenvalue weighted by Gasteiger charge is -2.15. The first-order valence-corrected chi connectivity index (χ1v) is 11.2. The fourth-order valence-electron chi connectivity index (χ4n) is 3.23. The van der Waals surface area contributed by atoms with Crippen LogP contribution in [0.4, 0.5) is 18.9 Å². The van der Waals surface area contributed by atoms with Gasteiger partial charge in [0.2, 0.25) is 5.91 Å². The number of benzene rings is 2. The molecular formula is C24H20F3N5OS. The van der Waals surface area contributed by atoms with Crippen LogP contribution in [0.5, 0.6) is 0 Å². The molecule has 4 aromatic rings. The van der Waals surface area contributed by atoms with Crippen molar-refractivity contribution >= 4 is 23.4 Å². The minimum Gasteiger partial charge on any atom is -0.325 e. The summed E-state index contributed by atoms with van der Waals surface area (Å²) in [5.41, 5.74) is 1.11. The van der Waals surface area contributed by atoms with Crippen molar-refractivity contribution in [3.8, 4) is 11.4 Å². The number of rotatable bonds is 7. The van der Waals surface area contributed by atoms with Gasteiger partial charge in [-0.15, -0.1) is 10.2 Å². The molecule has 1 N–H and O–H groups in total. The molecule has 0 unspecified atom stereocenters. The van der Waals surface area contributed by atoms with Crippen LogP contribution < -0.4 is 5.32 Å². The van der Waals surface area contributed by atoms with E-state index in [0.717, 1.165) is 23.3 Å². The van der Waals surface area contributed by atoms with Crippen LogP contribution in [0.1, 0.15) is 18.1 Å². The Labute approximate surface area is 198 Å². The maximum atomic E-state index is 13.0. The Morgan fingerprint density at radius 1 is 1.03 bits per heavy atom. The SMILES string of the molecule is C[C@@H](Sc1nnc(-c2ccncc2)n1Cc1ccccc1)C(=O)Nc1cccc(C(F)(F)F)c1. The van der Waals surface area contributed by atoms with Crippen LogP contribution in [0.15, 0.2) is 84.3 Å². The lowest BCUT2D eigenvalue weighted by Crippen LogP contribution is -2.23. The van der Waals surface area contributed by atoms with E-state index in [0.29, 0.717) is 17.5 Å². The Kier molecular flexibility index (Phi) is 6.97. The third kappa shape index (κ3) is 5.63. The van der Waals surface area contributed by atoms with E-state index in [-0.39, 0.29) is 5.69 Å².